The highest BCUT2D eigenvalue weighted by atomic mass is 32.1. The molecule has 0 radical (unpaired) electrons. The first-order valence-electron chi connectivity index (χ1n) is 5.84. The lowest BCUT2D eigenvalue weighted by Gasteiger charge is -2.28. The molecule has 0 aromatic carbocycles. The zero-order valence-corrected chi connectivity index (χ0v) is 10.5. The number of nitrogens with zero attached hydrogens (tertiary/aromatic N) is 1. The number of thiazole rings is 1. The molecule has 1 fully saturated rings. The summed E-state index contributed by atoms with van der Waals surface area (Å²) in [5, 5.41) is 7.06. The minimum absolute atomic E-state index is 0.275. The Kier molecular flexibility index (Phi) is 3.42. The number of nitrogens with one attached hydrogen (secondary N) is 1. The zero-order valence-electron chi connectivity index (χ0n) is 9.68. The average molecular weight is 224 g/mol. The molecule has 1 atom stereocenters. The summed E-state index contributed by atoms with van der Waals surface area (Å²) in [6.07, 6.45) is 6.41. The summed E-state index contributed by atoms with van der Waals surface area (Å²) in [5.41, 5.74) is 1.53. The highest BCUT2D eigenvalue weighted by Crippen LogP contribution is 2.23. The van der Waals surface area contributed by atoms with Crippen LogP contribution in [0.1, 0.15) is 43.3 Å². The number of aryl methyl sites for hydroxylation is 1. The average Bonchev–Trinajstić information content (AvgIpc) is 2.46. The van der Waals surface area contributed by atoms with E-state index in [0.717, 1.165) is 6.42 Å². The fourth-order valence-electron chi connectivity index (χ4n) is 2.34. The van der Waals surface area contributed by atoms with Crippen LogP contribution in [0.25, 0.3) is 0 Å². The van der Waals surface area contributed by atoms with Gasteiger partial charge in [0.25, 0.3) is 0 Å². The van der Waals surface area contributed by atoms with Crippen LogP contribution < -0.4 is 5.32 Å². The normalized spacial score (nSPS) is 27.6. The lowest BCUT2D eigenvalue weighted by molar-refractivity contribution is 0.343. The van der Waals surface area contributed by atoms with Crippen molar-refractivity contribution in [1.82, 2.24) is 10.3 Å². The Hall–Kier alpha value is -0.410. The maximum atomic E-state index is 4.56. The SMILES string of the molecule is Cc1nc(CC2(C)CCCCCN2)cs1. The van der Waals surface area contributed by atoms with E-state index >= 15 is 0 Å². The van der Waals surface area contributed by atoms with Crippen molar-refractivity contribution in [3.05, 3.63) is 16.1 Å². The Bertz CT molecular complexity index is 311. The standard InChI is InChI=1S/C12H20N2S/c1-10-14-11(9-15-10)8-12(2)6-4-3-5-7-13-12/h9,13H,3-8H2,1-2H3. The zero-order chi connectivity index (χ0) is 10.7. The van der Waals surface area contributed by atoms with Gasteiger partial charge in [0.2, 0.25) is 0 Å². The molecular weight excluding hydrogens is 204 g/mol. The second-order valence-corrected chi connectivity index (χ2v) is 5.89. The summed E-state index contributed by atoms with van der Waals surface area (Å²) < 4.78 is 0. The molecule has 0 bridgehead atoms. The maximum absolute atomic E-state index is 4.56. The lowest BCUT2D eigenvalue weighted by atomic mass is 9.91. The Balaban J connectivity index is 2.02. The van der Waals surface area contributed by atoms with E-state index in [2.05, 4.69) is 29.5 Å². The van der Waals surface area contributed by atoms with Gasteiger partial charge in [-0.3, -0.25) is 0 Å². The van der Waals surface area contributed by atoms with Gasteiger partial charge < -0.3 is 5.32 Å². The van der Waals surface area contributed by atoms with Gasteiger partial charge in [0.05, 0.1) is 10.7 Å². The summed E-state index contributed by atoms with van der Waals surface area (Å²) in [4.78, 5) is 4.56. The van der Waals surface area contributed by atoms with Crippen molar-refractivity contribution in [1.29, 1.82) is 0 Å². The first-order valence-corrected chi connectivity index (χ1v) is 6.72. The first-order chi connectivity index (χ1) is 7.18. The Morgan fingerprint density at radius 1 is 1.47 bits per heavy atom. The van der Waals surface area contributed by atoms with Crippen LogP contribution in [0.3, 0.4) is 0 Å². The molecule has 2 heterocycles. The van der Waals surface area contributed by atoms with E-state index in [9.17, 15) is 0 Å². The van der Waals surface area contributed by atoms with Gasteiger partial charge >= 0.3 is 0 Å². The van der Waals surface area contributed by atoms with Crippen molar-refractivity contribution in [2.45, 2.75) is 51.5 Å². The predicted molar refractivity (Wildman–Crippen MR) is 65.4 cm³/mol. The smallest absolute Gasteiger partial charge is 0.0897 e. The molecule has 1 aliphatic rings. The van der Waals surface area contributed by atoms with Crippen molar-refractivity contribution in [2.24, 2.45) is 0 Å². The van der Waals surface area contributed by atoms with Gasteiger partial charge in [0.1, 0.15) is 0 Å². The monoisotopic (exact) mass is 224 g/mol. The van der Waals surface area contributed by atoms with Crippen LogP contribution in [0.4, 0.5) is 0 Å². The van der Waals surface area contributed by atoms with Crippen molar-refractivity contribution >= 4 is 11.3 Å². The molecule has 0 aliphatic carbocycles. The molecule has 84 valence electrons. The van der Waals surface area contributed by atoms with Crippen LogP contribution in [-0.2, 0) is 6.42 Å². The lowest BCUT2D eigenvalue weighted by Crippen LogP contribution is -2.43. The third kappa shape index (κ3) is 3.02. The van der Waals surface area contributed by atoms with E-state index < -0.39 is 0 Å². The molecule has 1 aromatic heterocycles. The molecule has 1 N–H and O–H groups in total. The molecule has 3 heteroatoms. The Labute approximate surface area is 96.1 Å². The van der Waals surface area contributed by atoms with Crippen LogP contribution in [-0.4, -0.2) is 17.1 Å². The third-order valence-corrected chi connectivity index (χ3v) is 4.02. The minimum atomic E-state index is 0.275. The molecule has 2 rings (SSSR count). The van der Waals surface area contributed by atoms with Gasteiger partial charge in [0.15, 0.2) is 0 Å². The summed E-state index contributed by atoms with van der Waals surface area (Å²) in [6, 6.07) is 0. The summed E-state index contributed by atoms with van der Waals surface area (Å²) in [7, 11) is 0. The van der Waals surface area contributed by atoms with Crippen molar-refractivity contribution in [2.75, 3.05) is 6.54 Å². The fraction of sp³-hybridized carbons (Fsp3) is 0.750. The van der Waals surface area contributed by atoms with E-state index in [1.54, 1.807) is 11.3 Å². The highest BCUT2D eigenvalue weighted by molar-refractivity contribution is 7.09. The highest BCUT2D eigenvalue weighted by Gasteiger charge is 2.25. The van der Waals surface area contributed by atoms with Crippen molar-refractivity contribution in [3.8, 4) is 0 Å². The molecule has 1 aliphatic heterocycles. The van der Waals surface area contributed by atoms with E-state index in [0.29, 0.717) is 0 Å². The van der Waals surface area contributed by atoms with Gasteiger partial charge in [-0.05, 0) is 33.2 Å². The summed E-state index contributed by atoms with van der Waals surface area (Å²) in [6.45, 7) is 5.59. The van der Waals surface area contributed by atoms with E-state index in [1.807, 2.05) is 0 Å². The van der Waals surface area contributed by atoms with Crippen molar-refractivity contribution < 1.29 is 0 Å². The summed E-state index contributed by atoms with van der Waals surface area (Å²) in [5.74, 6) is 0. The fourth-order valence-corrected chi connectivity index (χ4v) is 2.95. The van der Waals surface area contributed by atoms with Gasteiger partial charge in [0, 0.05) is 17.3 Å². The maximum Gasteiger partial charge on any atom is 0.0897 e. The molecule has 1 saturated heterocycles. The minimum Gasteiger partial charge on any atom is -0.311 e. The number of hydrogen-bond acceptors (Lipinski definition) is 3. The Morgan fingerprint density at radius 3 is 3.07 bits per heavy atom. The molecule has 0 spiro atoms. The quantitative estimate of drug-likeness (QED) is 0.835. The van der Waals surface area contributed by atoms with Crippen LogP contribution >= 0.6 is 11.3 Å². The molecular formula is C12H20N2S. The largest absolute Gasteiger partial charge is 0.311 e. The Morgan fingerprint density at radius 2 is 2.33 bits per heavy atom. The van der Waals surface area contributed by atoms with E-state index in [-0.39, 0.29) is 5.54 Å². The third-order valence-electron chi connectivity index (χ3n) is 3.19. The van der Waals surface area contributed by atoms with E-state index in [4.69, 9.17) is 0 Å². The second-order valence-electron chi connectivity index (χ2n) is 4.83. The van der Waals surface area contributed by atoms with Gasteiger partial charge in [-0.25, -0.2) is 4.98 Å². The van der Waals surface area contributed by atoms with Gasteiger partial charge in [-0.1, -0.05) is 12.8 Å². The summed E-state index contributed by atoms with van der Waals surface area (Å²) >= 11 is 1.76. The predicted octanol–water partition coefficient (Wildman–Crippen LogP) is 2.92. The van der Waals surface area contributed by atoms with Gasteiger partial charge in [-0.2, -0.15) is 0 Å². The van der Waals surface area contributed by atoms with Crippen LogP contribution in [0.2, 0.25) is 0 Å². The van der Waals surface area contributed by atoms with Crippen LogP contribution in [0.15, 0.2) is 5.38 Å². The molecule has 15 heavy (non-hydrogen) atoms. The second kappa shape index (κ2) is 4.62. The van der Waals surface area contributed by atoms with E-state index in [1.165, 1.54) is 42.9 Å². The topological polar surface area (TPSA) is 24.9 Å². The molecule has 1 aromatic rings. The van der Waals surface area contributed by atoms with Gasteiger partial charge in [-0.15, -0.1) is 11.3 Å². The first kappa shape index (κ1) is 11.1. The van der Waals surface area contributed by atoms with Crippen molar-refractivity contribution in [3.63, 3.8) is 0 Å². The molecule has 0 amide bonds. The number of aromatic nitrogens is 1. The number of rotatable bonds is 2. The number of hydrogen-bond donors (Lipinski definition) is 1. The van der Waals surface area contributed by atoms with Crippen LogP contribution in [0.5, 0.6) is 0 Å². The molecule has 0 saturated carbocycles. The molecule has 2 nitrogen and oxygen atoms in total. The molecule has 1 unspecified atom stereocenters. The van der Waals surface area contributed by atoms with Crippen LogP contribution in [0, 0.1) is 6.92 Å².